The SMILES string of the molecule is CCCCCCOc1ccccc1C(=O)Nc1ccccc1OC. The summed E-state index contributed by atoms with van der Waals surface area (Å²) in [6.45, 7) is 2.80. The van der Waals surface area contributed by atoms with Crippen LogP contribution in [-0.4, -0.2) is 19.6 Å². The number of hydrogen-bond donors (Lipinski definition) is 1. The van der Waals surface area contributed by atoms with Crippen molar-refractivity contribution in [3.05, 3.63) is 54.1 Å². The van der Waals surface area contributed by atoms with Gasteiger partial charge in [0.2, 0.25) is 0 Å². The molecular formula is C20H25NO3. The average Bonchev–Trinajstić information content (AvgIpc) is 2.62. The van der Waals surface area contributed by atoms with E-state index in [2.05, 4.69) is 12.2 Å². The number of benzene rings is 2. The Morgan fingerprint density at radius 3 is 2.42 bits per heavy atom. The zero-order valence-corrected chi connectivity index (χ0v) is 14.4. The number of anilines is 1. The summed E-state index contributed by atoms with van der Waals surface area (Å²) >= 11 is 0. The molecular weight excluding hydrogens is 302 g/mol. The maximum absolute atomic E-state index is 12.6. The lowest BCUT2D eigenvalue weighted by molar-refractivity contribution is 0.102. The van der Waals surface area contributed by atoms with Gasteiger partial charge in [-0.25, -0.2) is 0 Å². The first-order chi connectivity index (χ1) is 11.8. The van der Waals surface area contributed by atoms with E-state index in [1.165, 1.54) is 12.8 Å². The predicted molar refractivity (Wildman–Crippen MR) is 97.0 cm³/mol. The summed E-state index contributed by atoms with van der Waals surface area (Å²) in [5.74, 6) is 1.04. The second-order valence-electron chi connectivity index (χ2n) is 5.56. The number of hydrogen-bond acceptors (Lipinski definition) is 3. The number of unbranched alkanes of at least 4 members (excludes halogenated alkanes) is 3. The van der Waals surface area contributed by atoms with E-state index in [0.29, 0.717) is 29.4 Å². The van der Waals surface area contributed by atoms with Crippen molar-refractivity contribution in [3.63, 3.8) is 0 Å². The van der Waals surface area contributed by atoms with Crippen molar-refractivity contribution < 1.29 is 14.3 Å². The first-order valence-corrected chi connectivity index (χ1v) is 8.42. The van der Waals surface area contributed by atoms with Crippen molar-refractivity contribution in [2.45, 2.75) is 32.6 Å². The first-order valence-electron chi connectivity index (χ1n) is 8.42. The molecule has 0 fully saturated rings. The van der Waals surface area contributed by atoms with Gasteiger partial charge in [-0.2, -0.15) is 0 Å². The highest BCUT2D eigenvalue weighted by molar-refractivity contribution is 6.06. The van der Waals surface area contributed by atoms with Crippen LogP contribution in [0.1, 0.15) is 43.0 Å². The fraction of sp³-hybridized carbons (Fsp3) is 0.350. The number of nitrogens with one attached hydrogen (secondary N) is 1. The topological polar surface area (TPSA) is 47.6 Å². The van der Waals surface area contributed by atoms with Gasteiger partial charge in [0, 0.05) is 0 Å². The molecule has 0 bridgehead atoms. The molecule has 0 aliphatic rings. The molecule has 0 radical (unpaired) electrons. The minimum absolute atomic E-state index is 0.205. The number of methoxy groups -OCH3 is 1. The summed E-state index contributed by atoms with van der Waals surface area (Å²) < 4.78 is 11.1. The maximum atomic E-state index is 12.6. The first kappa shape index (κ1) is 17.9. The molecule has 0 aliphatic heterocycles. The lowest BCUT2D eigenvalue weighted by Gasteiger charge is -2.13. The Bertz CT molecular complexity index is 655. The van der Waals surface area contributed by atoms with Crippen molar-refractivity contribution in [3.8, 4) is 11.5 Å². The molecule has 4 nitrogen and oxygen atoms in total. The molecule has 4 heteroatoms. The zero-order chi connectivity index (χ0) is 17.2. The molecule has 128 valence electrons. The Hall–Kier alpha value is -2.49. The maximum Gasteiger partial charge on any atom is 0.259 e. The van der Waals surface area contributed by atoms with Crippen molar-refractivity contribution in [1.29, 1.82) is 0 Å². The monoisotopic (exact) mass is 327 g/mol. The fourth-order valence-corrected chi connectivity index (χ4v) is 2.43. The Morgan fingerprint density at radius 1 is 0.958 bits per heavy atom. The average molecular weight is 327 g/mol. The Kier molecular flexibility index (Phi) is 7.15. The van der Waals surface area contributed by atoms with Gasteiger partial charge in [0.25, 0.3) is 5.91 Å². The summed E-state index contributed by atoms with van der Waals surface area (Å²) in [5.41, 5.74) is 1.17. The molecule has 1 N–H and O–H groups in total. The van der Waals surface area contributed by atoms with Gasteiger partial charge in [-0.1, -0.05) is 50.5 Å². The third-order valence-electron chi connectivity index (χ3n) is 3.74. The van der Waals surface area contributed by atoms with Crippen LogP contribution < -0.4 is 14.8 Å². The van der Waals surface area contributed by atoms with Crippen molar-refractivity contribution in [2.24, 2.45) is 0 Å². The molecule has 2 rings (SSSR count). The highest BCUT2D eigenvalue weighted by atomic mass is 16.5. The number of amides is 1. The summed E-state index contributed by atoms with van der Waals surface area (Å²) in [4.78, 5) is 12.6. The van der Waals surface area contributed by atoms with Crippen LogP contribution in [0.15, 0.2) is 48.5 Å². The number of para-hydroxylation sites is 3. The minimum Gasteiger partial charge on any atom is -0.495 e. The Balaban J connectivity index is 2.04. The Morgan fingerprint density at radius 2 is 1.67 bits per heavy atom. The third-order valence-corrected chi connectivity index (χ3v) is 3.74. The number of carbonyl (C=O) groups excluding carboxylic acids is 1. The molecule has 0 unspecified atom stereocenters. The van der Waals surface area contributed by atoms with Crippen molar-refractivity contribution in [1.82, 2.24) is 0 Å². The van der Waals surface area contributed by atoms with Gasteiger partial charge in [-0.15, -0.1) is 0 Å². The molecule has 0 aromatic heterocycles. The third kappa shape index (κ3) is 5.01. The van der Waals surface area contributed by atoms with Crippen LogP contribution in [0, 0.1) is 0 Å². The van der Waals surface area contributed by atoms with Crippen LogP contribution in [0.5, 0.6) is 11.5 Å². The normalized spacial score (nSPS) is 10.2. The molecule has 0 spiro atoms. The molecule has 0 saturated heterocycles. The van der Waals surface area contributed by atoms with E-state index in [0.717, 1.165) is 12.8 Å². The molecule has 24 heavy (non-hydrogen) atoms. The molecule has 0 aliphatic carbocycles. The second-order valence-corrected chi connectivity index (χ2v) is 5.56. The zero-order valence-electron chi connectivity index (χ0n) is 14.4. The predicted octanol–water partition coefficient (Wildman–Crippen LogP) is 4.91. The van der Waals surface area contributed by atoms with Gasteiger partial charge in [-0.05, 0) is 30.7 Å². The highest BCUT2D eigenvalue weighted by Crippen LogP contribution is 2.25. The molecule has 2 aromatic carbocycles. The van der Waals surface area contributed by atoms with Gasteiger partial charge in [0.15, 0.2) is 0 Å². The summed E-state index contributed by atoms with van der Waals surface area (Å²) in [5, 5.41) is 2.88. The van der Waals surface area contributed by atoms with Gasteiger partial charge in [0.05, 0.1) is 25.0 Å². The van der Waals surface area contributed by atoms with Crippen LogP contribution in [0.2, 0.25) is 0 Å². The lowest BCUT2D eigenvalue weighted by atomic mass is 10.1. The molecule has 2 aromatic rings. The quantitative estimate of drug-likeness (QED) is 0.666. The minimum atomic E-state index is -0.205. The lowest BCUT2D eigenvalue weighted by Crippen LogP contribution is -2.14. The summed E-state index contributed by atoms with van der Waals surface area (Å²) in [6, 6.07) is 14.7. The van der Waals surface area contributed by atoms with Crippen molar-refractivity contribution in [2.75, 3.05) is 19.0 Å². The standard InChI is InChI=1S/C20H25NO3/c1-3-4-5-10-15-24-18-13-8-6-11-16(18)20(22)21-17-12-7-9-14-19(17)23-2/h6-9,11-14H,3-5,10,15H2,1-2H3,(H,21,22). The summed E-state index contributed by atoms with van der Waals surface area (Å²) in [7, 11) is 1.58. The van der Waals surface area contributed by atoms with Gasteiger partial charge in [0.1, 0.15) is 11.5 Å². The molecule has 0 saturated carbocycles. The van der Waals surface area contributed by atoms with Gasteiger partial charge in [-0.3, -0.25) is 4.79 Å². The number of carbonyl (C=O) groups is 1. The largest absolute Gasteiger partial charge is 0.495 e. The molecule has 1 amide bonds. The van der Waals surface area contributed by atoms with E-state index < -0.39 is 0 Å². The Labute approximate surface area is 143 Å². The van der Waals surface area contributed by atoms with E-state index in [-0.39, 0.29) is 5.91 Å². The molecule has 0 atom stereocenters. The number of ether oxygens (including phenoxy) is 2. The van der Waals surface area contributed by atoms with E-state index >= 15 is 0 Å². The summed E-state index contributed by atoms with van der Waals surface area (Å²) in [6.07, 6.45) is 4.54. The van der Waals surface area contributed by atoms with Crippen LogP contribution in [0.25, 0.3) is 0 Å². The van der Waals surface area contributed by atoms with E-state index in [1.807, 2.05) is 42.5 Å². The van der Waals surface area contributed by atoms with E-state index in [4.69, 9.17) is 9.47 Å². The van der Waals surface area contributed by atoms with Gasteiger partial charge >= 0.3 is 0 Å². The van der Waals surface area contributed by atoms with Crippen molar-refractivity contribution >= 4 is 11.6 Å². The van der Waals surface area contributed by atoms with Gasteiger partial charge < -0.3 is 14.8 Å². The van der Waals surface area contributed by atoms with E-state index in [1.54, 1.807) is 13.2 Å². The second kappa shape index (κ2) is 9.60. The van der Waals surface area contributed by atoms with Crippen LogP contribution in [-0.2, 0) is 0 Å². The van der Waals surface area contributed by atoms with Crippen LogP contribution in [0.4, 0.5) is 5.69 Å². The molecule has 0 heterocycles. The number of rotatable bonds is 9. The fourth-order valence-electron chi connectivity index (χ4n) is 2.43. The van der Waals surface area contributed by atoms with E-state index in [9.17, 15) is 4.79 Å². The van der Waals surface area contributed by atoms with Crippen LogP contribution in [0.3, 0.4) is 0 Å². The van der Waals surface area contributed by atoms with Crippen LogP contribution >= 0.6 is 0 Å². The highest BCUT2D eigenvalue weighted by Gasteiger charge is 2.14. The smallest absolute Gasteiger partial charge is 0.259 e.